The zero-order chi connectivity index (χ0) is 24.0. The Morgan fingerprint density at radius 3 is 0.208 bits per heavy atom. The fourth-order valence-electron chi connectivity index (χ4n) is 0. The molecular formula is C22H67PS. The average Bonchev–Trinajstić information content (AvgIpc) is 2.84. The van der Waals surface area contributed by atoms with E-state index in [-0.39, 0.29) is 0 Å². The molecular weight excluding hydrogens is 327 g/mol. The van der Waals surface area contributed by atoms with Crippen LogP contribution in [0.4, 0.5) is 0 Å². The van der Waals surface area contributed by atoms with E-state index in [1.807, 2.05) is 152 Å². The van der Waals surface area contributed by atoms with Gasteiger partial charge in [0.05, 0.1) is 0 Å². The SMILES string of the molecule is CC.CC.CC.CC.CC.CC.CC.CC.CC.CC.CC.P=S. The van der Waals surface area contributed by atoms with Crippen molar-refractivity contribution < 1.29 is 0 Å². The molecule has 0 aliphatic heterocycles. The summed E-state index contributed by atoms with van der Waals surface area (Å²) in [7, 11) is 2.56. The molecule has 2 heteroatoms. The van der Waals surface area contributed by atoms with Crippen molar-refractivity contribution in [1.29, 1.82) is 0 Å². The monoisotopic (exact) mass is 394 g/mol. The predicted octanol–water partition coefficient (Wildman–Crippen LogP) is 11.9. The fourth-order valence-corrected chi connectivity index (χ4v) is 0. The highest BCUT2D eigenvalue weighted by Gasteiger charge is 0.952. The summed E-state index contributed by atoms with van der Waals surface area (Å²) in [5.41, 5.74) is 0. The molecule has 0 spiro atoms. The second-order valence-electron chi connectivity index (χ2n) is 0. The maximum Gasteiger partial charge on any atom is -0.0437 e. The highest BCUT2D eigenvalue weighted by molar-refractivity contribution is 7.88. The molecule has 0 aromatic rings. The molecule has 0 aromatic carbocycles. The van der Waals surface area contributed by atoms with E-state index in [0.29, 0.717) is 0 Å². The van der Waals surface area contributed by atoms with Crippen LogP contribution < -0.4 is 0 Å². The summed E-state index contributed by atoms with van der Waals surface area (Å²) in [5, 5.41) is 0. The molecule has 0 aromatic heterocycles. The average molecular weight is 395 g/mol. The number of hydrogen-bond acceptors (Lipinski definition) is 1. The van der Waals surface area contributed by atoms with Gasteiger partial charge >= 0.3 is 0 Å². The van der Waals surface area contributed by atoms with Crippen molar-refractivity contribution in [3.63, 3.8) is 0 Å². The van der Waals surface area contributed by atoms with Crippen molar-refractivity contribution in [3.8, 4) is 0 Å². The van der Waals surface area contributed by atoms with Crippen LogP contribution in [0.1, 0.15) is 152 Å². The van der Waals surface area contributed by atoms with Gasteiger partial charge in [0.15, 0.2) is 0 Å². The van der Waals surface area contributed by atoms with E-state index in [1.54, 1.807) is 0 Å². The Morgan fingerprint density at radius 1 is 0.208 bits per heavy atom. The quantitative estimate of drug-likeness (QED) is 0.368. The fraction of sp³-hybridized carbons (Fsp3) is 1.00. The smallest absolute Gasteiger partial charge is 0.0437 e. The molecule has 0 amide bonds. The third kappa shape index (κ3) is 38600. The minimum absolute atomic E-state index is 2.00. The second kappa shape index (κ2) is 44100. The summed E-state index contributed by atoms with van der Waals surface area (Å²) in [4.78, 5) is 0. The van der Waals surface area contributed by atoms with Gasteiger partial charge in [-0.25, -0.2) is 0 Å². The van der Waals surface area contributed by atoms with Gasteiger partial charge in [-0.1, -0.05) is 164 Å². The Labute approximate surface area is 172 Å². The molecule has 0 fully saturated rings. The van der Waals surface area contributed by atoms with Gasteiger partial charge in [0.25, 0.3) is 0 Å². The first kappa shape index (κ1) is 86.5. The zero-order valence-corrected chi connectivity index (χ0v) is 24.7. The Bertz CT molecular complexity index is 11.9. The lowest BCUT2D eigenvalue weighted by Gasteiger charge is -1.07. The van der Waals surface area contributed by atoms with Crippen molar-refractivity contribution in [2.45, 2.75) is 152 Å². The standard InChI is InChI=1S/11C2H6.HPS/c12*1-2/h11*1-2H3;1H. The molecule has 0 nitrogen and oxygen atoms in total. The van der Waals surface area contributed by atoms with Gasteiger partial charge in [-0.05, 0) is 8.02 Å². The third-order valence-electron chi connectivity index (χ3n) is 0. The summed E-state index contributed by atoms with van der Waals surface area (Å²) in [5.74, 6) is 0. The molecule has 0 radical (unpaired) electrons. The molecule has 0 atom stereocenters. The topological polar surface area (TPSA) is 0 Å². The minimum Gasteiger partial charge on any atom is -0.0683 e. The molecule has 0 bridgehead atoms. The van der Waals surface area contributed by atoms with Crippen molar-refractivity contribution in [2.75, 3.05) is 0 Å². The van der Waals surface area contributed by atoms with Crippen molar-refractivity contribution in [2.24, 2.45) is 0 Å². The van der Waals surface area contributed by atoms with Crippen LogP contribution in [0.25, 0.3) is 0 Å². The molecule has 24 heavy (non-hydrogen) atoms. The van der Waals surface area contributed by atoms with Crippen LogP contribution in [0.2, 0.25) is 0 Å². The Hall–Kier alpha value is 0.520. The first-order valence-corrected chi connectivity index (χ1v) is 12.8. The summed E-state index contributed by atoms with van der Waals surface area (Å²) in [6.07, 6.45) is 0. The van der Waals surface area contributed by atoms with Crippen LogP contribution in [0.5, 0.6) is 0 Å². The van der Waals surface area contributed by atoms with E-state index in [0.717, 1.165) is 0 Å². The summed E-state index contributed by atoms with van der Waals surface area (Å²) in [6, 6.07) is 0. The van der Waals surface area contributed by atoms with Crippen molar-refractivity contribution in [1.82, 2.24) is 0 Å². The third-order valence-corrected chi connectivity index (χ3v) is 0. The van der Waals surface area contributed by atoms with Crippen LogP contribution in [-0.2, 0) is 11.8 Å². The van der Waals surface area contributed by atoms with Gasteiger partial charge in [-0.15, -0.1) is 0 Å². The highest BCUT2D eigenvalue weighted by Crippen LogP contribution is 1.26. The lowest BCUT2D eigenvalue weighted by atomic mass is 11.0. The van der Waals surface area contributed by atoms with E-state index in [2.05, 4.69) is 19.8 Å². The van der Waals surface area contributed by atoms with Crippen LogP contribution in [0, 0.1) is 0 Å². The van der Waals surface area contributed by atoms with E-state index >= 15 is 0 Å². The lowest BCUT2D eigenvalue weighted by Crippen LogP contribution is -0.856. The predicted molar refractivity (Wildman–Crippen MR) is 141 cm³/mol. The summed E-state index contributed by atoms with van der Waals surface area (Å²) < 4.78 is 0. The maximum atomic E-state index is 3.89. The van der Waals surface area contributed by atoms with Gasteiger partial charge < -0.3 is 0 Å². The molecule has 0 unspecified atom stereocenters. The molecule has 0 aliphatic rings. The molecule has 0 aliphatic carbocycles. The zero-order valence-electron chi connectivity index (χ0n) is 22.9. The van der Waals surface area contributed by atoms with Gasteiger partial charge in [0.2, 0.25) is 0 Å². The van der Waals surface area contributed by atoms with Gasteiger partial charge in [0, 0.05) is 0 Å². The van der Waals surface area contributed by atoms with Gasteiger partial charge in [-0.2, -0.15) is 0 Å². The van der Waals surface area contributed by atoms with E-state index < -0.39 is 0 Å². The maximum absolute atomic E-state index is 3.89. The molecule has 0 saturated carbocycles. The van der Waals surface area contributed by atoms with Crippen LogP contribution in [0.15, 0.2) is 0 Å². The van der Waals surface area contributed by atoms with Crippen LogP contribution in [0.3, 0.4) is 0 Å². The Morgan fingerprint density at radius 2 is 0.208 bits per heavy atom. The normalized spacial score (nSPS) is 2.92. The van der Waals surface area contributed by atoms with E-state index in [4.69, 9.17) is 0 Å². The number of rotatable bonds is 0. The van der Waals surface area contributed by atoms with Crippen molar-refractivity contribution in [3.05, 3.63) is 0 Å². The first-order valence-electron chi connectivity index (χ1n) is 11.2. The largest absolute Gasteiger partial charge is 0.0683 e. The Balaban J connectivity index is -0.00000000655. The number of hydrogen-bond donors (Lipinski definition) is 0. The van der Waals surface area contributed by atoms with Crippen LogP contribution in [-0.4, -0.2) is 0 Å². The molecule has 0 N–H and O–H groups in total. The van der Waals surface area contributed by atoms with Gasteiger partial charge in [-0.3, -0.25) is 0 Å². The molecule has 0 heterocycles. The molecule has 0 rings (SSSR count). The van der Waals surface area contributed by atoms with Crippen molar-refractivity contribution >= 4 is 19.8 Å². The minimum atomic E-state index is 2.00. The van der Waals surface area contributed by atoms with E-state index in [9.17, 15) is 0 Å². The Kier molecular flexibility index (Phi) is 159000. The molecule has 0 saturated heterocycles. The van der Waals surface area contributed by atoms with Gasteiger partial charge in [0.1, 0.15) is 0 Å². The molecule has 166 valence electrons. The summed E-state index contributed by atoms with van der Waals surface area (Å²) in [6.45, 7) is 44.0. The van der Waals surface area contributed by atoms with E-state index in [1.165, 1.54) is 0 Å². The van der Waals surface area contributed by atoms with Crippen LogP contribution >= 0.6 is 8.02 Å². The highest BCUT2D eigenvalue weighted by atomic mass is 32.4. The first-order chi connectivity index (χ1) is 12.0. The second-order valence-corrected chi connectivity index (χ2v) is 0. The lowest BCUT2D eigenvalue weighted by molar-refractivity contribution is 1.50. The summed E-state index contributed by atoms with van der Waals surface area (Å²) >= 11 is 3.89.